The van der Waals surface area contributed by atoms with Gasteiger partial charge in [0, 0.05) is 19.1 Å². The minimum atomic E-state index is -0.704. The minimum Gasteiger partial charge on any atom is -0.507 e. The van der Waals surface area contributed by atoms with Crippen LogP contribution < -0.4 is 5.32 Å². The molecule has 4 nitrogen and oxygen atoms in total. The van der Waals surface area contributed by atoms with Gasteiger partial charge in [-0.1, -0.05) is 36.4 Å². The smallest absolute Gasteiger partial charge is 0.258 e. The number of hydrogen-bond donors (Lipinski definition) is 2. The number of carbonyl (C=O) groups is 1. The summed E-state index contributed by atoms with van der Waals surface area (Å²) < 4.78 is 13.8. The van der Waals surface area contributed by atoms with Crippen molar-refractivity contribution in [1.29, 1.82) is 0 Å². The highest BCUT2D eigenvalue weighted by Crippen LogP contribution is 2.21. The third-order valence-electron chi connectivity index (χ3n) is 4.31. The molecular formula is C19H21FN2O2. The van der Waals surface area contributed by atoms with Crippen LogP contribution in [0.1, 0.15) is 28.8 Å². The van der Waals surface area contributed by atoms with Gasteiger partial charge >= 0.3 is 0 Å². The zero-order valence-electron chi connectivity index (χ0n) is 13.4. The van der Waals surface area contributed by atoms with E-state index in [1.165, 1.54) is 23.8 Å². The molecule has 24 heavy (non-hydrogen) atoms. The third-order valence-corrected chi connectivity index (χ3v) is 4.31. The average Bonchev–Trinajstić information content (AvgIpc) is 2.56. The Hall–Kier alpha value is -2.40. The molecule has 1 aliphatic rings. The van der Waals surface area contributed by atoms with Gasteiger partial charge < -0.3 is 10.4 Å². The maximum Gasteiger partial charge on any atom is 0.258 e. The number of rotatable bonds is 4. The molecule has 0 saturated carbocycles. The molecule has 5 heteroatoms. The molecule has 126 valence electrons. The molecule has 1 fully saturated rings. The van der Waals surface area contributed by atoms with Gasteiger partial charge in [-0.3, -0.25) is 9.69 Å². The van der Waals surface area contributed by atoms with E-state index in [1.54, 1.807) is 0 Å². The van der Waals surface area contributed by atoms with Crippen molar-refractivity contribution in [1.82, 2.24) is 10.2 Å². The lowest BCUT2D eigenvalue weighted by molar-refractivity contribution is 0.0894. The Morgan fingerprint density at radius 1 is 1.21 bits per heavy atom. The van der Waals surface area contributed by atoms with Crippen molar-refractivity contribution in [3.8, 4) is 5.75 Å². The zero-order chi connectivity index (χ0) is 16.9. The highest BCUT2D eigenvalue weighted by Gasteiger charge is 2.24. The van der Waals surface area contributed by atoms with E-state index in [4.69, 9.17) is 0 Å². The van der Waals surface area contributed by atoms with Gasteiger partial charge in [0.25, 0.3) is 5.91 Å². The predicted octanol–water partition coefficient (Wildman–Crippen LogP) is 2.93. The van der Waals surface area contributed by atoms with Gasteiger partial charge in [0.1, 0.15) is 17.1 Å². The van der Waals surface area contributed by atoms with Crippen LogP contribution in [-0.4, -0.2) is 35.0 Å². The number of phenols is 1. The van der Waals surface area contributed by atoms with Crippen molar-refractivity contribution in [2.75, 3.05) is 13.1 Å². The summed E-state index contributed by atoms with van der Waals surface area (Å²) in [7, 11) is 0. The molecule has 0 bridgehead atoms. The van der Waals surface area contributed by atoms with E-state index < -0.39 is 11.7 Å². The first kappa shape index (κ1) is 16.5. The molecule has 1 amide bonds. The first-order valence-corrected chi connectivity index (χ1v) is 8.18. The Morgan fingerprint density at radius 2 is 2.00 bits per heavy atom. The fraction of sp³-hybridized carbons (Fsp3) is 0.316. The summed E-state index contributed by atoms with van der Waals surface area (Å²) in [5.41, 5.74) is 0.953. The molecule has 0 spiro atoms. The normalized spacial score (nSPS) is 18.3. The summed E-state index contributed by atoms with van der Waals surface area (Å²) in [6.07, 6.45) is 1.83. The number of phenolic OH excluding ortho intramolecular Hbond substituents is 1. The van der Waals surface area contributed by atoms with Crippen molar-refractivity contribution >= 4 is 5.91 Å². The highest BCUT2D eigenvalue weighted by atomic mass is 19.1. The Kier molecular flexibility index (Phi) is 5.11. The zero-order valence-corrected chi connectivity index (χ0v) is 13.4. The molecule has 0 radical (unpaired) electrons. The molecule has 1 atom stereocenters. The Balaban J connectivity index is 1.62. The van der Waals surface area contributed by atoms with Crippen LogP contribution in [0.2, 0.25) is 0 Å². The molecule has 1 aliphatic heterocycles. The van der Waals surface area contributed by atoms with Gasteiger partial charge in [0.2, 0.25) is 0 Å². The molecule has 1 heterocycles. The second-order valence-corrected chi connectivity index (χ2v) is 6.17. The maximum absolute atomic E-state index is 13.8. The van der Waals surface area contributed by atoms with Crippen molar-refractivity contribution in [3.05, 3.63) is 65.5 Å². The van der Waals surface area contributed by atoms with Gasteiger partial charge in [-0.25, -0.2) is 4.39 Å². The van der Waals surface area contributed by atoms with Crippen LogP contribution in [-0.2, 0) is 6.54 Å². The topological polar surface area (TPSA) is 52.6 Å². The quantitative estimate of drug-likeness (QED) is 0.907. The first-order chi connectivity index (χ1) is 11.6. The van der Waals surface area contributed by atoms with Gasteiger partial charge in [0.15, 0.2) is 0 Å². The largest absolute Gasteiger partial charge is 0.507 e. The van der Waals surface area contributed by atoms with Crippen molar-refractivity contribution in [2.24, 2.45) is 0 Å². The minimum absolute atomic E-state index is 0.0473. The van der Waals surface area contributed by atoms with E-state index in [9.17, 15) is 14.3 Å². The van der Waals surface area contributed by atoms with Crippen molar-refractivity contribution < 1.29 is 14.3 Å². The summed E-state index contributed by atoms with van der Waals surface area (Å²) in [5, 5.41) is 12.6. The number of halogens is 1. The van der Waals surface area contributed by atoms with Gasteiger partial charge in [-0.2, -0.15) is 0 Å². The number of carbonyl (C=O) groups excluding carboxylic acids is 1. The summed E-state index contributed by atoms with van der Waals surface area (Å²) in [5.74, 6) is -1.59. The summed E-state index contributed by atoms with van der Waals surface area (Å²) in [6, 6.07) is 14.0. The molecule has 1 saturated heterocycles. The summed E-state index contributed by atoms with van der Waals surface area (Å²) in [4.78, 5) is 14.6. The lowest BCUT2D eigenvalue weighted by atomic mass is 10.0. The maximum atomic E-state index is 13.8. The summed E-state index contributed by atoms with van der Waals surface area (Å²) in [6.45, 7) is 2.53. The molecule has 2 aromatic rings. The Bertz CT molecular complexity index is 686. The van der Waals surface area contributed by atoms with Crippen LogP contribution in [0.25, 0.3) is 0 Å². The number of amides is 1. The molecule has 2 aromatic carbocycles. The highest BCUT2D eigenvalue weighted by molar-refractivity contribution is 5.97. The number of nitrogens with zero attached hydrogens (tertiary/aromatic N) is 1. The number of aromatic hydroxyl groups is 1. The third kappa shape index (κ3) is 3.92. The second kappa shape index (κ2) is 7.45. The Morgan fingerprint density at radius 3 is 2.75 bits per heavy atom. The van der Waals surface area contributed by atoms with Crippen LogP contribution >= 0.6 is 0 Å². The van der Waals surface area contributed by atoms with Gasteiger partial charge in [0.05, 0.1) is 0 Å². The predicted molar refractivity (Wildman–Crippen MR) is 90.3 cm³/mol. The first-order valence-electron chi connectivity index (χ1n) is 8.18. The van der Waals surface area contributed by atoms with E-state index in [1.807, 2.05) is 18.2 Å². The summed E-state index contributed by atoms with van der Waals surface area (Å²) >= 11 is 0. The van der Waals surface area contributed by atoms with Gasteiger partial charge in [-0.05, 0) is 37.1 Å². The van der Waals surface area contributed by atoms with Crippen LogP contribution in [0.4, 0.5) is 4.39 Å². The SMILES string of the molecule is O=C(NC1CCCN(Cc2ccccc2)C1)c1c(O)cccc1F. The molecule has 1 unspecified atom stereocenters. The van der Waals surface area contributed by atoms with Crippen LogP contribution in [0.5, 0.6) is 5.75 Å². The lowest BCUT2D eigenvalue weighted by Crippen LogP contribution is -2.47. The van der Waals surface area contributed by atoms with Crippen LogP contribution in [0.3, 0.4) is 0 Å². The number of likely N-dealkylation sites (tertiary alicyclic amines) is 1. The monoisotopic (exact) mass is 328 g/mol. The molecule has 0 aliphatic carbocycles. The molecule has 0 aromatic heterocycles. The number of nitrogens with one attached hydrogen (secondary N) is 1. The average molecular weight is 328 g/mol. The van der Waals surface area contributed by atoms with Crippen LogP contribution in [0.15, 0.2) is 48.5 Å². The van der Waals surface area contributed by atoms with Crippen molar-refractivity contribution in [3.63, 3.8) is 0 Å². The fourth-order valence-electron chi connectivity index (χ4n) is 3.15. The molecular weight excluding hydrogens is 307 g/mol. The number of benzene rings is 2. The van der Waals surface area contributed by atoms with E-state index >= 15 is 0 Å². The van der Waals surface area contributed by atoms with Crippen molar-refractivity contribution in [2.45, 2.75) is 25.4 Å². The van der Waals surface area contributed by atoms with Crippen LogP contribution in [0, 0.1) is 5.82 Å². The molecule has 2 N–H and O–H groups in total. The lowest BCUT2D eigenvalue weighted by Gasteiger charge is -2.33. The second-order valence-electron chi connectivity index (χ2n) is 6.17. The van der Waals surface area contributed by atoms with E-state index in [-0.39, 0.29) is 17.4 Å². The Labute approximate surface area is 140 Å². The molecule has 3 rings (SSSR count). The van der Waals surface area contributed by atoms with E-state index in [2.05, 4.69) is 22.3 Å². The van der Waals surface area contributed by atoms with Gasteiger partial charge in [-0.15, -0.1) is 0 Å². The fourth-order valence-corrected chi connectivity index (χ4v) is 3.15. The van der Waals surface area contributed by atoms with E-state index in [0.29, 0.717) is 0 Å². The van der Waals surface area contributed by atoms with E-state index in [0.717, 1.165) is 32.5 Å². The number of hydrogen-bond acceptors (Lipinski definition) is 3. The standard InChI is InChI=1S/C19H21FN2O2/c20-16-9-4-10-17(23)18(16)19(24)21-15-8-5-11-22(13-15)12-14-6-2-1-3-7-14/h1-4,6-7,9-10,15,23H,5,8,11-13H2,(H,21,24). The number of piperidine rings is 1.